The van der Waals surface area contributed by atoms with Gasteiger partial charge in [0.25, 0.3) is 0 Å². The largest absolute Gasteiger partial charge is 0.497 e. The molecule has 1 aromatic rings. The molecule has 3 N–H and O–H groups in total. The van der Waals surface area contributed by atoms with E-state index in [1.807, 2.05) is 31.2 Å². The Labute approximate surface area is 93.1 Å². The second kappa shape index (κ2) is 5.50. The van der Waals surface area contributed by atoms with E-state index in [9.17, 15) is 0 Å². The first kappa shape index (κ1) is 11.7. The molecule has 1 aromatic carbocycles. The van der Waals surface area contributed by atoms with Crippen molar-refractivity contribution in [3.05, 3.63) is 24.3 Å². The molecule has 1 atom stereocenters. The number of hydrogen-bond acceptors (Lipinski definition) is 4. The predicted octanol–water partition coefficient (Wildman–Crippen LogP) is 1.92. The molecule has 15 heavy (non-hydrogen) atoms. The topological polar surface area (TPSA) is 67.8 Å². The van der Waals surface area contributed by atoms with Crippen molar-refractivity contribution in [2.75, 3.05) is 7.11 Å². The van der Waals surface area contributed by atoms with Crippen molar-refractivity contribution in [1.82, 2.24) is 0 Å². The molecule has 0 saturated heterocycles. The van der Waals surface area contributed by atoms with Crippen molar-refractivity contribution in [2.24, 2.45) is 10.9 Å². The Bertz CT molecular complexity index is 338. The summed E-state index contributed by atoms with van der Waals surface area (Å²) in [5.41, 5.74) is 5.47. The van der Waals surface area contributed by atoms with Gasteiger partial charge in [0.2, 0.25) is 0 Å². The minimum atomic E-state index is -0.0524. The number of nitrogens with two attached hydrogens (primary N) is 1. The number of thioether (sulfide) groups is 1. The van der Waals surface area contributed by atoms with Gasteiger partial charge in [0, 0.05) is 4.90 Å². The van der Waals surface area contributed by atoms with Crippen LogP contribution >= 0.6 is 11.8 Å². The van der Waals surface area contributed by atoms with Crippen LogP contribution in [0.2, 0.25) is 0 Å². The van der Waals surface area contributed by atoms with Gasteiger partial charge < -0.3 is 15.7 Å². The summed E-state index contributed by atoms with van der Waals surface area (Å²) in [7, 11) is 1.63. The highest BCUT2D eigenvalue weighted by Gasteiger charge is 2.09. The molecular weight excluding hydrogens is 212 g/mol. The SMILES string of the molecule is COc1ccc(SC(C)C(N)=NO)cc1. The molecule has 0 aliphatic rings. The Hall–Kier alpha value is -1.36. The molecule has 0 aromatic heterocycles. The van der Waals surface area contributed by atoms with Gasteiger partial charge in [0.1, 0.15) is 5.75 Å². The average molecular weight is 226 g/mol. The maximum atomic E-state index is 8.50. The number of benzene rings is 1. The Morgan fingerprint density at radius 3 is 2.53 bits per heavy atom. The molecule has 1 unspecified atom stereocenters. The highest BCUT2D eigenvalue weighted by Crippen LogP contribution is 2.25. The third-order valence-electron chi connectivity index (χ3n) is 1.90. The lowest BCUT2D eigenvalue weighted by Gasteiger charge is -2.09. The number of oxime groups is 1. The van der Waals surface area contributed by atoms with Crippen LogP contribution in [-0.4, -0.2) is 23.4 Å². The van der Waals surface area contributed by atoms with Crippen LogP contribution in [0, 0.1) is 0 Å². The molecular formula is C10H14N2O2S. The Morgan fingerprint density at radius 2 is 2.07 bits per heavy atom. The summed E-state index contributed by atoms with van der Waals surface area (Å²) in [6, 6.07) is 7.62. The first-order valence-corrected chi connectivity index (χ1v) is 5.33. The molecule has 82 valence electrons. The number of amidine groups is 1. The van der Waals surface area contributed by atoms with Crippen LogP contribution < -0.4 is 10.5 Å². The van der Waals surface area contributed by atoms with E-state index in [1.165, 1.54) is 11.8 Å². The van der Waals surface area contributed by atoms with Gasteiger partial charge in [-0.15, -0.1) is 11.8 Å². The van der Waals surface area contributed by atoms with Gasteiger partial charge in [-0.25, -0.2) is 0 Å². The normalized spacial score (nSPS) is 13.6. The van der Waals surface area contributed by atoms with Gasteiger partial charge in [-0.2, -0.15) is 0 Å². The first-order valence-electron chi connectivity index (χ1n) is 4.45. The summed E-state index contributed by atoms with van der Waals surface area (Å²) in [6.07, 6.45) is 0. The van der Waals surface area contributed by atoms with E-state index in [0.717, 1.165) is 10.6 Å². The minimum absolute atomic E-state index is 0.0524. The number of methoxy groups -OCH3 is 1. The smallest absolute Gasteiger partial charge is 0.152 e. The molecule has 0 radical (unpaired) electrons. The lowest BCUT2D eigenvalue weighted by atomic mass is 10.3. The van der Waals surface area contributed by atoms with Crippen LogP contribution in [0.4, 0.5) is 0 Å². The third-order valence-corrected chi connectivity index (χ3v) is 3.04. The van der Waals surface area contributed by atoms with Crippen LogP contribution in [0.3, 0.4) is 0 Å². The van der Waals surface area contributed by atoms with Crippen molar-refractivity contribution in [1.29, 1.82) is 0 Å². The average Bonchev–Trinajstić information content (AvgIpc) is 2.29. The highest BCUT2D eigenvalue weighted by atomic mass is 32.2. The summed E-state index contributed by atoms with van der Waals surface area (Å²) >= 11 is 1.52. The van der Waals surface area contributed by atoms with E-state index < -0.39 is 0 Å². The number of nitrogens with zero attached hydrogens (tertiary/aromatic N) is 1. The Morgan fingerprint density at radius 1 is 1.47 bits per heavy atom. The second-order valence-corrected chi connectivity index (χ2v) is 4.37. The van der Waals surface area contributed by atoms with Crippen LogP contribution in [0.5, 0.6) is 5.75 Å². The van der Waals surface area contributed by atoms with Gasteiger partial charge in [0.15, 0.2) is 5.84 Å². The predicted molar refractivity (Wildman–Crippen MR) is 61.7 cm³/mol. The fourth-order valence-electron chi connectivity index (χ4n) is 1.00. The summed E-state index contributed by atoms with van der Waals surface area (Å²) in [4.78, 5) is 1.05. The van der Waals surface area contributed by atoms with E-state index in [-0.39, 0.29) is 11.1 Å². The molecule has 1 rings (SSSR count). The zero-order chi connectivity index (χ0) is 11.3. The molecule has 0 aliphatic heterocycles. The quantitative estimate of drug-likeness (QED) is 0.270. The molecule has 0 heterocycles. The van der Waals surface area contributed by atoms with Crippen molar-refractivity contribution in [2.45, 2.75) is 17.1 Å². The van der Waals surface area contributed by atoms with E-state index in [2.05, 4.69) is 5.16 Å². The molecule has 0 aliphatic carbocycles. The summed E-state index contributed by atoms with van der Waals surface area (Å²) < 4.78 is 5.05. The Kier molecular flexibility index (Phi) is 4.30. The van der Waals surface area contributed by atoms with Gasteiger partial charge in [-0.05, 0) is 31.2 Å². The molecule has 0 saturated carbocycles. The monoisotopic (exact) mass is 226 g/mol. The molecule has 4 nitrogen and oxygen atoms in total. The van der Waals surface area contributed by atoms with E-state index >= 15 is 0 Å². The van der Waals surface area contributed by atoms with E-state index in [0.29, 0.717) is 0 Å². The molecule has 0 bridgehead atoms. The Balaban J connectivity index is 2.65. The van der Waals surface area contributed by atoms with E-state index in [4.69, 9.17) is 15.7 Å². The van der Waals surface area contributed by atoms with Crippen LogP contribution in [-0.2, 0) is 0 Å². The third kappa shape index (κ3) is 3.36. The van der Waals surface area contributed by atoms with Gasteiger partial charge >= 0.3 is 0 Å². The zero-order valence-corrected chi connectivity index (χ0v) is 9.49. The minimum Gasteiger partial charge on any atom is -0.497 e. The zero-order valence-electron chi connectivity index (χ0n) is 8.68. The lowest BCUT2D eigenvalue weighted by Crippen LogP contribution is -2.23. The molecule has 5 heteroatoms. The fourth-order valence-corrected chi connectivity index (χ4v) is 1.87. The molecule has 0 fully saturated rings. The van der Waals surface area contributed by atoms with Gasteiger partial charge in [-0.3, -0.25) is 0 Å². The van der Waals surface area contributed by atoms with Crippen LogP contribution in [0.1, 0.15) is 6.92 Å². The summed E-state index contributed by atoms with van der Waals surface area (Å²) in [5, 5.41) is 11.4. The second-order valence-electron chi connectivity index (χ2n) is 2.96. The summed E-state index contributed by atoms with van der Waals surface area (Å²) in [5.74, 6) is 1.03. The van der Waals surface area contributed by atoms with Crippen molar-refractivity contribution >= 4 is 17.6 Å². The molecule has 0 amide bonds. The highest BCUT2D eigenvalue weighted by molar-refractivity contribution is 8.00. The van der Waals surface area contributed by atoms with Crippen molar-refractivity contribution in [3.63, 3.8) is 0 Å². The number of ether oxygens (including phenoxy) is 1. The van der Waals surface area contributed by atoms with Gasteiger partial charge in [-0.1, -0.05) is 5.16 Å². The maximum absolute atomic E-state index is 8.50. The van der Waals surface area contributed by atoms with E-state index in [1.54, 1.807) is 7.11 Å². The molecule has 0 spiro atoms. The van der Waals surface area contributed by atoms with Crippen LogP contribution in [0.15, 0.2) is 34.3 Å². The standard InChI is InChI=1S/C10H14N2O2S/c1-7(10(11)12-13)15-9-5-3-8(14-2)4-6-9/h3-7,13H,1-2H3,(H2,11,12). The van der Waals surface area contributed by atoms with Gasteiger partial charge in [0.05, 0.1) is 12.4 Å². The number of rotatable bonds is 4. The van der Waals surface area contributed by atoms with Crippen LogP contribution in [0.25, 0.3) is 0 Å². The maximum Gasteiger partial charge on any atom is 0.152 e. The first-order chi connectivity index (χ1) is 7.17. The van der Waals surface area contributed by atoms with Crippen molar-refractivity contribution in [3.8, 4) is 5.75 Å². The lowest BCUT2D eigenvalue weighted by molar-refractivity contribution is 0.317. The fraction of sp³-hybridized carbons (Fsp3) is 0.300. The van der Waals surface area contributed by atoms with Crippen molar-refractivity contribution < 1.29 is 9.94 Å². The summed E-state index contributed by atoms with van der Waals surface area (Å²) in [6.45, 7) is 1.88. The number of hydrogen-bond donors (Lipinski definition) is 2.